The molecule has 0 rings (SSSR count). The van der Waals surface area contributed by atoms with Crippen LogP contribution in [0, 0.1) is 0 Å². The number of hydrogen-bond donors (Lipinski definition) is 2. The first-order chi connectivity index (χ1) is 3.91. The zero-order valence-electron chi connectivity index (χ0n) is 4.72. The molecule has 0 heterocycles. The monoisotopic (exact) mass is 110 g/mol. The Kier molecular flexibility index (Phi) is 4.96. The van der Waals surface area contributed by atoms with E-state index in [9.17, 15) is 0 Å². The van der Waals surface area contributed by atoms with Crippen molar-refractivity contribution in [3.8, 4) is 0 Å². The van der Waals surface area contributed by atoms with Gasteiger partial charge in [-0.2, -0.15) is 0 Å². The Morgan fingerprint density at radius 3 is 2.38 bits per heavy atom. The highest BCUT2D eigenvalue weighted by atomic mass is 15.3. The van der Waals surface area contributed by atoms with Crippen LogP contribution in [0.1, 0.15) is 0 Å². The van der Waals surface area contributed by atoms with Crippen LogP contribution < -0.4 is 10.9 Å². The van der Waals surface area contributed by atoms with E-state index in [0.717, 1.165) is 0 Å². The molecule has 0 unspecified atom stereocenters. The molecule has 0 aromatic carbocycles. The molecule has 0 bridgehead atoms. The third kappa shape index (κ3) is 4.82. The lowest BCUT2D eigenvalue weighted by molar-refractivity contribution is 0.779. The highest BCUT2D eigenvalue weighted by Gasteiger charge is 1.59. The van der Waals surface area contributed by atoms with Gasteiger partial charge in [0.1, 0.15) is 0 Å². The maximum Gasteiger partial charge on any atom is 0.0177 e. The van der Waals surface area contributed by atoms with Crippen LogP contribution in [0.25, 0.3) is 0 Å². The molecule has 0 amide bonds. The minimum Gasteiger partial charge on any atom is -0.309 e. The van der Waals surface area contributed by atoms with Gasteiger partial charge in [-0.1, -0.05) is 19.2 Å². The number of allylic oxidation sites excluding steroid dienone is 2. The first kappa shape index (κ1) is 6.82. The van der Waals surface area contributed by atoms with E-state index in [-0.39, 0.29) is 0 Å². The molecule has 0 saturated carbocycles. The predicted molar refractivity (Wildman–Crippen MR) is 35.8 cm³/mol. The lowest BCUT2D eigenvalue weighted by Gasteiger charge is -1.93. The van der Waals surface area contributed by atoms with Crippen molar-refractivity contribution in [2.24, 2.45) is 0 Å². The molecule has 8 heavy (non-hydrogen) atoms. The van der Waals surface area contributed by atoms with Crippen LogP contribution in [0.4, 0.5) is 0 Å². The summed E-state index contributed by atoms with van der Waals surface area (Å²) in [4.78, 5) is 0. The summed E-state index contributed by atoms with van der Waals surface area (Å²) in [5.41, 5.74) is 5.38. The van der Waals surface area contributed by atoms with Crippen molar-refractivity contribution in [3.05, 3.63) is 37.7 Å². The van der Waals surface area contributed by atoms with Crippen molar-refractivity contribution in [2.75, 3.05) is 0 Å². The van der Waals surface area contributed by atoms with Gasteiger partial charge >= 0.3 is 0 Å². The molecule has 2 heteroatoms. The largest absolute Gasteiger partial charge is 0.309 e. The third-order valence-electron chi connectivity index (χ3n) is 0.501. The normalized spacial score (nSPS) is 8.50. The SMILES string of the molecule is C=C/C=C\NNC=C. The second kappa shape index (κ2) is 5.82. The minimum atomic E-state index is 1.55. The summed E-state index contributed by atoms with van der Waals surface area (Å²) >= 11 is 0. The molecular formula is C6H10N2. The van der Waals surface area contributed by atoms with E-state index in [1.165, 1.54) is 0 Å². The Bertz CT molecular complexity index is 94.7. The zero-order chi connectivity index (χ0) is 6.24. The summed E-state index contributed by atoms with van der Waals surface area (Å²) in [6.07, 6.45) is 6.72. The molecule has 0 aromatic rings. The summed E-state index contributed by atoms with van der Waals surface area (Å²) in [6.45, 7) is 6.90. The van der Waals surface area contributed by atoms with E-state index < -0.39 is 0 Å². The summed E-state index contributed by atoms with van der Waals surface area (Å²) < 4.78 is 0. The first-order valence-corrected chi connectivity index (χ1v) is 2.31. The van der Waals surface area contributed by atoms with Crippen LogP contribution in [-0.4, -0.2) is 0 Å². The molecule has 2 N–H and O–H groups in total. The maximum atomic E-state index is 3.48. The lowest BCUT2D eigenvalue weighted by Crippen LogP contribution is -2.19. The fraction of sp³-hybridized carbons (Fsp3) is 0. The summed E-state index contributed by atoms with van der Waals surface area (Å²) in [7, 11) is 0. The number of rotatable bonds is 4. The second-order valence-electron chi connectivity index (χ2n) is 1.09. The first-order valence-electron chi connectivity index (χ1n) is 2.31. The standard InChI is InChI=1S/C6H10N2/c1-3-5-6-8-7-4-2/h3-8H,1-2H2/b6-5-. The summed E-state index contributed by atoms with van der Waals surface area (Å²) in [6, 6.07) is 0. The van der Waals surface area contributed by atoms with E-state index in [2.05, 4.69) is 24.0 Å². The molecule has 2 nitrogen and oxygen atoms in total. The Labute approximate surface area is 49.6 Å². The molecule has 44 valence electrons. The van der Waals surface area contributed by atoms with Gasteiger partial charge in [-0.25, -0.2) is 0 Å². The van der Waals surface area contributed by atoms with E-state index in [0.29, 0.717) is 0 Å². The molecule has 0 radical (unpaired) electrons. The predicted octanol–water partition coefficient (Wildman–Crippen LogP) is 0.924. The van der Waals surface area contributed by atoms with Crippen LogP contribution in [0.3, 0.4) is 0 Å². The number of hydrogen-bond acceptors (Lipinski definition) is 2. The van der Waals surface area contributed by atoms with E-state index >= 15 is 0 Å². The fourth-order valence-corrected chi connectivity index (χ4v) is 0.223. The van der Waals surface area contributed by atoms with E-state index in [1.54, 1.807) is 24.6 Å². The second-order valence-corrected chi connectivity index (χ2v) is 1.09. The molecule has 0 atom stereocenters. The van der Waals surface area contributed by atoms with Crippen molar-refractivity contribution < 1.29 is 0 Å². The Morgan fingerprint density at radius 2 is 1.88 bits per heavy atom. The van der Waals surface area contributed by atoms with Crippen molar-refractivity contribution in [1.82, 2.24) is 10.9 Å². The molecule has 0 spiro atoms. The van der Waals surface area contributed by atoms with Gasteiger partial charge in [-0.05, 0) is 6.08 Å². The average Bonchev–Trinajstić information content (AvgIpc) is 1.81. The molecule has 0 aromatic heterocycles. The van der Waals surface area contributed by atoms with Gasteiger partial charge in [-0.15, -0.1) is 0 Å². The van der Waals surface area contributed by atoms with Crippen LogP contribution >= 0.6 is 0 Å². The van der Waals surface area contributed by atoms with Gasteiger partial charge in [0.2, 0.25) is 0 Å². The quantitative estimate of drug-likeness (QED) is 0.319. The Morgan fingerprint density at radius 1 is 1.12 bits per heavy atom. The fourth-order valence-electron chi connectivity index (χ4n) is 0.223. The topological polar surface area (TPSA) is 24.1 Å². The van der Waals surface area contributed by atoms with E-state index in [1.807, 2.05) is 0 Å². The molecular weight excluding hydrogens is 100 g/mol. The zero-order valence-corrected chi connectivity index (χ0v) is 4.72. The molecule has 0 aliphatic heterocycles. The lowest BCUT2D eigenvalue weighted by atomic mass is 10.6. The highest BCUT2D eigenvalue weighted by molar-refractivity contribution is 4.95. The molecule has 0 aliphatic carbocycles. The number of hydrazine groups is 1. The van der Waals surface area contributed by atoms with Gasteiger partial charge in [0.05, 0.1) is 0 Å². The van der Waals surface area contributed by atoms with Crippen LogP contribution in [0.2, 0.25) is 0 Å². The summed E-state index contributed by atoms with van der Waals surface area (Å²) in [5, 5.41) is 0. The molecule has 0 fully saturated rings. The van der Waals surface area contributed by atoms with Crippen molar-refractivity contribution >= 4 is 0 Å². The molecule has 0 saturated heterocycles. The van der Waals surface area contributed by atoms with Gasteiger partial charge < -0.3 is 10.9 Å². The summed E-state index contributed by atoms with van der Waals surface area (Å²) in [5.74, 6) is 0. The van der Waals surface area contributed by atoms with Crippen LogP contribution in [0.5, 0.6) is 0 Å². The van der Waals surface area contributed by atoms with Crippen LogP contribution in [-0.2, 0) is 0 Å². The number of nitrogens with one attached hydrogen (secondary N) is 2. The van der Waals surface area contributed by atoms with Gasteiger partial charge in [0.25, 0.3) is 0 Å². The van der Waals surface area contributed by atoms with Crippen molar-refractivity contribution in [2.45, 2.75) is 0 Å². The van der Waals surface area contributed by atoms with Crippen LogP contribution in [0.15, 0.2) is 37.7 Å². The Balaban J connectivity index is 3.02. The smallest absolute Gasteiger partial charge is 0.0177 e. The van der Waals surface area contributed by atoms with Crippen molar-refractivity contribution in [1.29, 1.82) is 0 Å². The average molecular weight is 110 g/mol. The maximum absolute atomic E-state index is 3.48. The van der Waals surface area contributed by atoms with Gasteiger partial charge in [0.15, 0.2) is 0 Å². The third-order valence-corrected chi connectivity index (χ3v) is 0.501. The van der Waals surface area contributed by atoms with E-state index in [4.69, 9.17) is 0 Å². The van der Waals surface area contributed by atoms with Gasteiger partial charge in [0, 0.05) is 12.4 Å². The Hall–Kier alpha value is -1.18. The highest BCUT2D eigenvalue weighted by Crippen LogP contribution is 1.63. The van der Waals surface area contributed by atoms with Crippen molar-refractivity contribution in [3.63, 3.8) is 0 Å². The molecule has 0 aliphatic rings. The van der Waals surface area contributed by atoms with Gasteiger partial charge in [-0.3, -0.25) is 0 Å². The minimum absolute atomic E-state index is 1.55.